The molecule has 3 N–H and O–H groups in total. The van der Waals surface area contributed by atoms with Gasteiger partial charge in [0.2, 0.25) is 0 Å². The lowest BCUT2D eigenvalue weighted by Crippen LogP contribution is -1.99. The van der Waals surface area contributed by atoms with E-state index in [1.807, 2.05) is 6.26 Å². The number of oxime groups is 1. The van der Waals surface area contributed by atoms with E-state index in [0.717, 1.165) is 0 Å². The van der Waals surface area contributed by atoms with Crippen LogP contribution in [0.15, 0.2) is 16.5 Å². The van der Waals surface area contributed by atoms with Gasteiger partial charge in [0.15, 0.2) is 5.16 Å². The van der Waals surface area contributed by atoms with Crippen molar-refractivity contribution >= 4 is 23.8 Å². The van der Waals surface area contributed by atoms with Crippen molar-refractivity contribution in [1.29, 1.82) is 0 Å². The van der Waals surface area contributed by atoms with Crippen LogP contribution in [0.3, 0.4) is 0 Å². The number of rotatable bonds is 2. The van der Waals surface area contributed by atoms with E-state index in [9.17, 15) is 0 Å². The first kappa shape index (κ1) is 8.79. The summed E-state index contributed by atoms with van der Waals surface area (Å²) < 4.78 is 0. The third-order valence-electron chi connectivity index (χ3n) is 1.21. The highest BCUT2D eigenvalue weighted by atomic mass is 32.2. The Morgan fingerprint density at radius 2 is 2.50 bits per heavy atom. The molecule has 0 amide bonds. The molecule has 0 unspecified atom stereocenters. The molecule has 1 aromatic rings. The molecule has 0 saturated carbocycles. The van der Waals surface area contributed by atoms with Crippen molar-refractivity contribution < 1.29 is 5.21 Å². The summed E-state index contributed by atoms with van der Waals surface area (Å²) in [6, 6.07) is 0. The maximum absolute atomic E-state index is 8.22. The van der Waals surface area contributed by atoms with Gasteiger partial charge in [-0.25, -0.2) is 9.97 Å². The Labute approximate surface area is 73.7 Å². The van der Waals surface area contributed by atoms with Crippen LogP contribution in [0, 0.1) is 0 Å². The smallest absolute Gasteiger partial charge is 0.189 e. The molecule has 0 atom stereocenters. The Morgan fingerprint density at radius 1 is 1.75 bits per heavy atom. The van der Waals surface area contributed by atoms with Crippen LogP contribution in [0.4, 0.5) is 5.82 Å². The summed E-state index contributed by atoms with van der Waals surface area (Å²) in [5, 5.41) is 11.7. The van der Waals surface area contributed by atoms with Crippen LogP contribution in [0.5, 0.6) is 0 Å². The maximum Gasteiger partial charge on any atom is 0.189 e. The van der Waals surface area contributed by atoms with Crippen molar-refractivity contribution in [2.75, 3.05) is 12.0 Å². The number of thioether (sulfide) groups is 1. The van der Waals surface area contributed by atoms with Crippen molar-refractivity contribution in [2.24, 2.45) is 5.16 Å². The minimum absolute atomic E-state index is 0.312. The number of nitrogen functional groups attached to an aromatic ring is 1. The average molecular weight is 184 g/mol. The number of hydrogen-bond donors (Lipinski definition) is 2. The minimum atomic E-state index is 0.312. The summed E-state index contributed by atoms with van der Waals surface area (Å²) >= 11 is 1.40. The van der Waals surface area contributed by atoms with Gasteiger partial charge in [0, 0.05) is 6.20 Å². The third-order valence-corrected chi connectivity index (χ3v) is 1.77. The lowest BCUT2D eigenvalue weighted by Gasteiger charge is -1.98. The molecule has 64 valence electrons. The standard InChI is InChI=1S/C6H8N4OS/c1-12-6-8-2-4(3-9-11)5(7)10-6/h2-3,11H,1H3,(H2,7,8,10)/b9-3+. The molecular formula is C6H8N4OS. The monoisotopic (exact) mass is 184 g/mol. The summed E-state index contributed by atoms with van der Waals surface area (Å²) in [5.74, 6) is 0.312. The first-order valence-corrected chi connectivity index (χ1v) is 4.34. The van der Waals surface area contributed by atoms with E-state index < -0.39 is 0 Å². The van der Waals surface area contributed by atoms with Crippen LogP contribution in [-0.4, -0.2) is 27.6 Å². The summed E-state index contributed by atoms with van der Waals surface area (Å²) in [4.78, 5) is 7.88. The molecule has 5 nitrogen and oxygen atoms in total. The summed E-state index contributed by atoms with van der Waals surface area (Å²) in [7, 11) is 0. The van der Waals surface area contributed by atoms with E-state index in [1.165, 1.54) is 24.2 Å². The van der Waals surface area contributed by atoms with Crippen LogP contribution >= 0.6 is 11.8 Å². The molecule has 0 radical (unpaired) electrons. The van der Waals surface area contributed by atoms with Crippen molar-refractivity contribution in [3.63, 3.8) is 0 Å². The van der Waals surface area contributed by atoms with Gasteiger partial charge in [-0.2, -0.15) is 0 Å². The van der Waals surface area contributed by atoms with E-state index in [2.05, 4.69) is 15.1 Å². The lowest BCUT2D eigenvalue weighted by atomic mass is 10.3. The van der Waals surface area contributed by atoms with Gasteiger partial charge in [0.25, 0.3) is 0 Å². The van der Waals surface area contributed by atoms with Crippen LogP contribution < -0.4 is 5.73 Å². The number of aromatic nitrogens is 2. The zero-order valence-electron chi connectivity index (χ0n) is 6.43. The second kappa shape index (κ2) is 3.91. The summed E-state index contributed by atoms with van der Waals surface area (Å²) in [6.07, 6.45) is 4.56. The number of nitrogens with zero attached hydrogens (tertiary/aromatic N) is 3. The van der Waals surface area contributed by atoms with Gasteiger partial charge in [0.05, 0.1) is 11.8 Å². The van der Waals surface area contributed by atoms with Gasteiger partial charge in [0.1, 0.15) is 5.82 Å². The molecule has 12 heavy (non-hydrogen) atoms. The largest absolute Gasteiger partial charge is 0.411 e. The lowest BCUT2D eigenvalue weighted by molar-refractivity contribution is 0.322. The van der Waals surface area contributed by atoms with Crippen molar-refractivity contribution in [3.05, 3.63) is 11.8 Å². The molecule has 6 heteroatoms. The fourth-order valence-corrected chi connectivity index (χ4v) is 0.995. The first-order valence-electron chi connectivity index (χ1n) is 3.12. The van der Waals surface area contributed by atoms with Gasteiger partial charge in [-0.3, -0.25) is 0 Å². The van der Waals surface area contributed by atoms with Gasteiger partial charge in [-0.1, -0.05) is 16.9 Å². The van der Waals surface area contributed by atoms with Gasteiger partial charge < -0.3 is 10.9 Å². The van der Waals surface area contributed by atoms with E-state index in [4.69, 9.17) is 10.9 Å². The number of nitrogens with two attached hydrogens (primary N) is 1. The first-order chi connectivity index (χ1) is 5.77. The molecule has 1 heterocycles. The zero-order chi connectivity index (χ0) is 8.97. The Hall–Kier alpha value is -1.30. The molecule has 0 aliphatic carbocycles. The highest BCUT2D eigenvalue weighted by Gasteiger charge is 2.00. The van der Waals surface area contributed by atoms with Gasteiger partial charge >= 0.3 is 0 Å². The Balaban J connectivity index is 3.03. The molecule has 1 aromatic heterocycles. The Kier molecular flexibility index (Phi) is 2.87. The topological polar surface area (TPSA) is 84.4 Å². The number of anilines is 1. The van der Waals surface area contributed by atoms with Crippen molar-refractivity contribution in [3.8, 4) is 0 Å². The molecule has 0 aliphatic rings. The van der Waals surface area contributed by atoms with E-state index in [1.54, 1.807) is 0 Å². The maximum atomic E-state index is 8.22. The molecular weight excluding hydrogens is 176 g/mol. The second-order valence-corrected chi connectivity index (χ2v) is 2.72. The quantitative estimate of drug-likeness (QED) is 0.231. The van der Waals surface area contributed by atoms with Gasteiger partial charge in [-0.15, -0.1) is 0 Å². The third kappa shape index (κ3) is 1.85. The van der Waals surface area contributed by atoms with Crippen LogP contribution in [0.25, 0.3) is 0 Å². The minimum Gasteiger partial charge on any atom is -0.411 e. The SMILES string of the molecule is CSc1ncc(/C=N/O)c(N)n1. The number of hydrogen-bond acceptors (Lipinski definition) is 6. The molecule has 1 rings (SSSR count). The Bertz CT molecular complexity index is 302. The second-order valence-electron chi connectivity index (χ2n) is 1.94. The normalized spacial score (nSPS) is 10.8. The highest BCUT2D eigenvalue weighted by molar-refractivity contribution is 7.98. The Morgan fingerprint density at radius 3 is 3.00 bits per heavy atom. The zero-order valence-corrected chi connectivity index (χ0v) is 7.25. The highest BCUT2D eigenvalue weighted by Crippen LogP contribution is 2.11. The van der Waals surface area contributed by atoms with E-state index in [0.29, 0.717) is 16.5 Å². The van der Waals surface area contributed by atoms with E-state index in [-0.39, 0.29) is 0 Å². The predicted octanol–water partition coefficient (Wildman–Crippen LogP) is 0.589. The molecule has 0 aliphatic heterocycles. The summed E-state index contributed by atoms with van der Waals surface area (Å²) in [6.45, 7) is 0. The van der Waals surface area contributed by atoms with Crippen molar-refractivity contribution in [2.45, 2.75) is 5.16 Å². The molecule has 0 saturated heterocycles. The fraction of sp³-hybridized carbons (Fsp3) is 0.167. The summed E-state index contributed by atoms with van der Waals surface area (Å²) in [5.41, 5.74) is 6.03. The molecule has 0 bridgehead atoms. The van der Waals surface area contributed by atoms with E-state index >= 15 is 0 Å². The molecule has 0 spiro atoms. The van der Waals surface area contributed by atoms with Gasteiger partial charge in [-0.05, 0) is 6.26 Å². The van der Waals surface area contributed by atoms with Crippen LogP contribution in [-0.2, 0) is 0 Å². The fourth-order valence-electron chi connectivity index (χ4n) is 0.647. The molecule has 0 fully saturated rings. The predicted molar refractivity (Wildman–Crippen MR) is 47.6 cm³/mol. The van der Waals surface area contributed by atoms with Crippen LogP contribution in [0.1, 0.15) is 5.56 Å². The van der Waals surface area contributed by atoms with Crippen molar-refractivity contribution in [1.82, 2.24) is 9.97 Å². The molecule has 0 aromatic carbocycles. The average Bonchev–Trinajstić information content (AvgIpc) is 2.09. The van der Waals surface area contributed by atoms with Crippen LogP contribution in [0.2, 0.25) is 0 Å².